The molecule has 4 heteroatoms. The molecule has 2 aliphatic heterocycles. The molecule has 2 unspecified atom stereocenters. The molecule has 0 spiro atoms. The lowest BCUT2D eigenvalue weighted by atomic mass is 9.87. The second kappa shape index (κ2) is 8.81. The Bertz CT molecular complexity index is 550. The zero-order valence-electron chi connectivity index (χ0n) is 15.7. The molecule has 2 saturated heterocycles. The highest BCUT2D eigenvalue weighted by atomic mass is 16.5. The summed E-state index contributed by atoms with van der Waals surface area (Å²) in [5.41, 5.74) is 2.39. The molecule has 0 bridgehead atoms. The monoisotopic (exact) mass is 344 g/mol. The van der Waals surface area contributed by atoms with Crippen LogP contribution in [0.1, 0.15) is 49.8 Å². The minimum atomic E-state index is -0.0821. The highest BCUT2D eigenvalue weighted by Gasteiger charge is 2.36. The molecule has 1 aromatic rings. The molecule has 0 saturated carbocycles. The van der Waals surface area contributed by atoms with E-state index in [1.165, 1.54) is 5.56 Å². The average Bonchev–Trinajstić information content (AvgIpc) is 2.67. The van der Waals surface area contributed by atoms with Gasteiger partial charge in [-0.05, 0) is 57.2 Å². The number of rotatable bonds is 5. The first-order valence-corrected chi connectivity index (χ1v) is 9.86. The van der Waals surface area contributed by atoms with Gasteiger partial charge in [0.05, 0.1) is 12.0 Å². The number of carbonyl (C=O) groups is 1. The summed E-state index contributed by atoms with van der Waals surface area (Å²) in [6.07, 6.45) is 4.06. The number of hydrogen-bond donors (Lipinski definition) is 1. The lowest BCUT2D eigenvalue weighted by Crippen LogP contribution is -2.45. The van der Waals surface area contributed by atoms with Gasteiger partial charge in [0, 0.05) is 19.7 Å². The topological polar surface area (TPSA) is 41.6 Å². The predicted molar refractivity (Wildman–Crippen MR) is 100 cm³/mol. The van der Waals surface area contributed by atoms with Gasteiger partial charge in [-0.15, -0.1) is 0 Å². The zero-order valence-corrected chi connectivity index (χ0v) is 15.7. The Balaban J connectivity index is 1.62. The minimum absolute atomic E-state index is 0.0261. The molecule has 2 atom stereocenters. The van der Waals surface area contributed by atoms with E-state index in [0.29, 0.717) is 11.8 Å². The maximum Gasteiger partial charge on any atom is 0.228 e. The molecule has 1 amide bonds. The van der Waals surface area contributed by atoms with Crippen LogP contribution in [0.3, 0.4) is 0 Å². The number of aryl methyl sites for hydroxylation is 1. The Morgan fingerprint density at radius 3 is 2.60 bits per heavy atom. The van der Waals surface area contributed by atoms with Crippen molar-refractivity contribution in [3.63, 3.8) is 0 Å². The Morgan fingerprint density at radius 2 is 1.92 bits per heavy atom. The van der Waals surface area contributed by atoms with Crippen molar-refractivity contribution in [1.29, 1.82) is 0 Å². The Morgan fingerprint density at radius 1 is 1.20 bits per heavy atom. The number of ether oxygens (including phenoxy) is 1. The van der Waals surface area contributed by atoms with Gasteiger partial charge in [0.1, 0.15) is 0 Å². The van der Waals surface area contributed by atoms with Gasteiger partial charge in [-0.3, -0.25) is 4.79 Å². The Hall–Kier alpha value is -1.39. The van der Waals surface area contributed by atoms with Crippen LogP contribution in [0.5, 0.6) is 0 Å². The molecule has 25 heavy (non-hydrogen) atoms. The van der Waals surface area contributed by atoms with Crippen molar-refractivity contribution in [1.82, 2.24) is 10.2 Å². The van der Waals surface area contributed by atoms with Gasteiger partial charge in [0.25, 0.3) is 0 Å². The summed E-state index contributed by atoms with van der Waals surface area (Å²) < 4.78 is 6.05. The first kappa shape index (κ1) is 18.4. The van der Waals surface area contributed by atoms with E-state index >= 15 is 0 Å². The van der Waals surface area contributed by atoms with Crippen molar-refractivity contribution in [2.24, 2.45) is 11.8 Å². The summed E-state index contributed by atoms with van der Waals surface area (Å²) in [5.74, 6) is 0.980. The molecule has 3 rings (SSSR count). The number of piperidine rings is 1. The van der Waals surface area contributed by atoms with E-state index in [2.05, 4.69) is 48.3 Å². The number of nitrogens with zero attached hydrogens (tertiary/aromatic N) is 1. The summed E-state index contributed by atoms with van der Waals surface area (Å²) in [7, 11) is 0. The molecular formula is C21H32N2O2. The van der Waals surface area contributed by atoms with Gasteiger partial charge < -0.3 is 15.0 Å². The number of likely N-dealkylation sites (tertiary alicyclic amines) is 1. The van der Waals surface area contributed by atoms with Crippen LogP contribution in [0.25, 0.3) is 0 Å². The predicted octanol–water partition coefficient (Wildman–Crippen LogP) is 3.31. The quantitative estimate of drug-likeness (QED) is 0.891. The third-order valence-electron chi connectivity index (χ3n) is 5.65. The van der Waals surface area contributed by atoms with Gasteiger partial charge in [-0.2, -0.15) is 0 Å². The third-order valence-corrected chi connectivity index (χ3v) is 5.65. The van der Waals surface area contributed by atoms with Crippen LogP contribution >= 0.6 is 0 Å². The summed E-state index contributed by atoms with van der Waals surface area (Å²) in [6, 6.07) is 8.46. The van der Waals surface area contributed by atoms with Crippen LogP contribution in [-0.4, -0.2) is 43.6 Å². The van der Waals surface area contributed by atoms with E-state index in [0.717, 1.165) is 64.0 Å². The SMILES string of the molecule is CCNCC1CCN(C(=O)C2CCCOC2c2ccc(C)cc2)CC1. The molecular weight excluding hydrogens is 312 g/mol. The second-order valence-corrected chi connectivity index (χ2v) is 7.53. The van der Waals surface area contributed by atoms with Gasteiger partial charge >= 0.3 is 0 Å². The summed E-state index contributed by atoms with van der Waals surface area (Å²) in [5, 5.41) is 3.44. The van der Waals surface area contributed by atoms with Gasteiger partial charge in [-0.1, -0.05) is 36.8 Å². The molecule has 0 aliphatic carbocycles. The lowest BCUT2D eigenvalue weighted by Gasteiger charge is -2.38. The standard InChI is InChI=1S/C21H32N2O2/c1-3-22-15-17-10-12-23(13-11-17)21(24)19-5-4-14-25-20(19)18-8-6-16(2)7-9-18/h6-9,17,19-20,22H,3-5,10-15H2,1-2H3. The molecule has 2 fully saturated rings. The molecule has 4 nitrogen and oxygen atoms in total. The smallest absolute Gasteiger partial charge is 0.228 e. The maximum absolute atomic E-state index is 13.2. The summed E-state index contributed by atoms with van der Waals surface area (Å²) in [6.45, 7) is 8.89. The first-order chi connectivity index (χ1) is 12.2. The van der Waals surface area contributed by atoms with Crippen LogP contribution in [0.15, 0.2) is 24.3 Å². The minimum Gasteiger partial charge on any atom is -0.373 e. The molecule has 1 aromatic carbocycles. The highest BCUT2D eigenvalue weighted by Crippen LogP contribution is 2.35. The Kier molecular flexibility index (Phi) is 6.49. The number of amides is 1. The first-order valence-electron chi connectivity index (χ1n) is 9.86. The summed E-state index contributed by atoms with van der Waals surface area (Å²) in [4.78, 5) is 15.2. The van der Waals surface area contributed by atoms with E-state index < -0.39 is 0 Å². The van der Waals surface area contributed by atoms with Gasteiger partial charge in [0.2, 0.25) is 5.91 Å². The number of benzene rings is 1. The van der Waals surface area contributed by atoms with Crippen molar-refractivity contribution in [3.05, 3.63) is 35.4 Å². The molecule has 0 radical (unpaired) electrons. The van der Waals surface area contributed by atoms with E-state index in [1.54, 1.807) is 0 Å². The van der Waals surface area contributed by atoms with E-state index in [9.17, 15) is 4.79 Å². The van der Waals surface area contributed by atoms with Crippen LogP contribution in [0.2, 0.25) is 0 Å². The largest absolute Gasteiger partial charge is 0.373 e. The van der Waals surface area contributed by atoms with Crippen LogP contribution in [0.4, 0.5) is 0 Å². The van der Waals surface area contributed by atoms with Crippen molar-refractivity contribution in [2.45, 2.75) is 45.6 Å². The highest BCUT2D eigenvalue weighted by molar-refractivity contribution is 5.80. The lowest BCUT2D eigenvalue weighted by molar-refractivity contribution is -0.147. The van der Waals surface area contributed by atoms with Crippen LogP contribution < -0.4 is 5.32 Å². The maximum atomic E-state index is 13.2. The van der Waals surface area contributed by atoms with Crippen molar-refractivity contribution < 1.29 is 9.53 Å². The van der Waals surface area contributed by atoms with Crippen molar-refractivity contribution >= 4 is 5.91 Å². The molecule has 2 aliphatic rings. The fourth-order valence-electron chi connectivity index (χ4n) is 4.06. The zero-order chi connectivity index (χ0) is 17.6. The van der Waals surface area contributed by atoms with E-state index in [4.69, 9.17) is 4.74 Å². The fourth-order valence-corrected chi connectivity index (χ4v) is 4.06. The number of carbonyl (C=O) groups excluding carboxylic acids is 1. The molecule has 138 valence electrons. The third kappa shape index (κ3) is 4.62. The van der Waals surface area contributed by atoms with Gasteiger partial charge in [0.15, 0.2) is 0 Å². The normalized spacial score (nSPS) is 25.1. The van der Waals surface area contributed by atoms with Crippen molar-refractivity contribution in [2.75, 3.05) is 32.8 Å². The van der Waals surface area contributed by atoms with Crippen LogP contribution in [-0.2, 0) is 9.53 Å². The molecule has 2 heterocycles. The van der Waals surface area contributed by atoms with Crippen LogP contribution in [0, 0.1) is 18.8 Å². The number of nitrogens with one attached hydrogen (secondary N) is 1. The summed E-state index contributed by atoms with van der Waals surface area (Å²) >= 11 is 0. The van der Waals surface area contributed by atoms with E-state index in [1.807, 2.05) is 0 Å². The van der Waals surface area contributed by atoms with E-state index in [-0.39, 0.29) is 12.0 Å². The number of hydrogen-bond acceptors (Lipinski definition) is 3. The fraction of sp³-hybridized carbons (Fsp3) is 0.667. The van der Waals surface area contributed by atoms with Gasteiger partial charge in [-0.25, -0.2) is 0 Å². The average molecular weight is 344 g/mol. The Labute approximate surface area is 151 Å². The molecule has 0 aromatic heterocycles. The second-order valence-electron chi connectivity index (χ2n) is 7.53. The van der Waals surface area contributed by atoms with Crippen molar-refractivity contribution in [3.8, 4) is 0 Å². The molecule has 1 N–H and O–H groups in total.